The van der Waals surface area contributed by atoms with Crippen LogP contribution in [0.25, 0.3) is 0 Å². The van der Waals surface area contributed by atoms with Gasteiger partial charge in [0.25, 0.3) is 0 Å². The molecule has 1 aromatic heterocycles. The molecule has 0 aliphatic carbocycles. The van der Waals surface area contributed by atoms with Crippen molar-refractivity contribution in [2.45, 2.75) is 31.9 Å². The molecule has 1 aromatic carbocycles. The average Bonchev–Trinajstić information content (AvgIpc) is 3.13. The number of nitrogens with zero attached hydrogens (tertiary/aromatic N) is 1. The summed E-state index contributed by atoms with van der Waals surface area (Å²) in [6, 6.07) is 8.89. The number of ether oxygens (including phenoxy) is 1. The van der Waals surface area contributed by atoms with Crippen LogP contribution in [0.2, 0.25) is 0 Å². The second kappa shape index (κ2) is 10.4. The molecule has 1 atom stereocenters. The van der Waals surface area contributed by atoms with E-state index in [-0.39, 0.29) is 12.5 Å². The fraction of sp³-hybridized carbons (Fsp3) is 0.353. The molecule has 0 radical (unpaired) electrons. The highest BCUT2D eigenvalue weighted by molar-refractivity contribution is 7.13. The lowest BCUT2D eigenvalue weighted by atomic mass is 10.1. The van der Waals surface area contributed by atoms with Gasteiger partial charge in [0, 0.05) is 18.1 Å². The van der Waals surface area contributed by atoms with E-state index in [1.807, 2.05) is 30.3 Å². The predicted octanol–water partition coefficient (Wildman–Crippen LogP) is 2.51. The lowest BCUT2D eigenvalue weighted by molar-refractivity contribution is -0.117. The molecule has 2 amide bonds. The smallest absolute Gasteiger partial charge is 0.407 e. The quantitative estimate of drug-likeness (QED) is 0.594. The number of hydrogen-bond acceptors (Lipinski definition) is 6. The zero-order valence-corrected chi connectivity index (χ0v) is 14.6. The maximum atomic E-state index is 11.8. The maximum Gasteiger partial charge on any atom is 0.407 e. The molecule has 4 N–H and O–H groups in total. The van der Waals surface area contributed by atoms with E-state index in [1.54, 1.807) is 11.6 Å². The number of amides is 2. The van der Waals surface area contributed by atoms with E-state index in [0.717, 1.165) is 18.4 Å². The number of benzene rings is 1. The Morgan fingerprint density at radius 3 is 2.76 bits per heavy atom. The van der Waals surface area contributed by atoms with Crippen LogP contribution in [0.1, 0.15) is 24.8 Å². The first kappa shape index (κ1) is 18.9. The van der Waals surface area contributed by atoms with E-state index in [0.29, 0.717) is 18.1 Å². The number of hydrogen-bond donors (Lipinski definition) is 3. The van der Waals surface area contributed by atoms with Crippen LogP contribution in [0.3, 0.4) is 0 Å². The van der Waals surface area contributed by atoms with Crippen LogP contribution in [0.5, 0.6) is 0 Å². The molecule has 1 heterocycles. The van der Waals surface area contributed by atoms with Gasteiger partial charge >= 0.3 is 6.09 Å². The fourth-order valence-corrected chi connectivity index (χ4v) is 2.60. The minimum atomic E-state index is -0.589. The van der Waals surface area contributed by atoms with Crippen LogP contribution in [0, 0.1) is 0 Å². The summed E-state index contributed by atoms with van der Waals surface area (Å²) in [5.74, 6) is -0.245. The Balaban J connectivity index is 1.52. The zero-order valence-electron chi connectivity index (χ0n) is 13.8. The number of nitrogens with two attached hydrogens (primary N) is 1. The molecule has 0 saturated carbocycles. The Kier molecular flexibility index (Phi) is 7.87. The van der Waals surface area contributed by atoms with Crippen molar-refractivity contribution in [3.05, 3.63) is 47.5 Å². The molecule has 0 aliphatic heterocycles. The van der Waals surface area contributed by atoms with Gasteiger partial charge in [0.1, 0.15) is 6.61 Å². The van der Waals surface area contributed by atoms with Crippen molar-refractivity contribution < 1.29 is 14.3 Å². The van der Waals surface area contributed by atoms with E-state index in [9.17, 15) is 9.59 Å². The van der Waals surface area contributed by atoms with E-state index < -0.39 is 12.1 Å². The van der Waals surface area contributed by atoms with Crippen molar-refractivity contribution in [3.63, 3.8) is 0 Å². The molecule has 0 saturated heterocycles. The molecule has 2 aromatic rings. The minimum Gasteiger partial charge on any atom is -0.445 e. The number of aromatic nitrogens is 1. The Morgan fingerprint density at radius 2 is 2.04 bits per heavy atom. The SMILES string of the molecule is N[C@@H](CCCCNC(=O)OCc1ccccc1)C(=O)Nc1nccs1. The first-order chi connectivity index (χ1) is 12.1. The highest BCUT2D eigenvalue weighted by atomic mass is 32.1. The van der Waals surface area contributed by atoms with Gasteiger partial charge in [0.15, 0.2) is 5.13 Å². The average molecular weight is 362 g/mol. The lowest BCUT2D eigenvalue weighted by Crippen LogP contribution is -2.35. The van der Waals surface area contributed by atoms with E-state index in [4.69, 9.17) is 10.5 Å². The summed E-state index contributed by atoms with van der Waals surface area (Å²) in [6.07, 6.45) is 3.16. The van der Waals surface area contributed by atoms with E-state index in [2.05, 4.69) is 15.6 Å². The largest absolute Gasteiger partial charge is 0.445 e. The molecule has 0 aliphatic rings. The first-order valence-electron chi connectivity index (χ1n) is 8.05. The predicted molar refractivity (Wildman–Crippen MR) is 97.2 cm³/mol. The Morgan fingerprint density at radius 1 is 1.24 bits per heavy atom. The summed E-state index contributed by atoms with van der Waals surface area (Å²) in [6.45, 7) is 0.725. The highest BCUT2D eigenvalue weighted by Gasteiger charge is 2.14. The monoisotopic (exact) mass is 362 g/mol. The van der Waals surface area contributed by atoms with Gasteiger partial charge in [-0.15, -0.1) is 11.3 Å². The van der Waals surface area contributed by atoms with Crippen molar-refractivity contribution in [1.29, 1.82) is 0 Å². The second-order valence-electron chi connectivity index (χ2n) is 5.42. The first-order valence-corrected chi connectivity index (χ1v) is 8.93. The molecule has 0 fully saturated rings. The topological polar surface area (TPSA) is 106 Å². The van der Waals surface area contributed by atoms with Gasteiger partial charge in [-0.25, -0.2) is 9.78 Å². The molecule has 7 nitrogen and oxygen atoms in total. The third kappa shape index (κ3) is 7.32. The summed E-state index contributed by atoms with van der Waals surface area (Å²) >= 11 is 1.35. The number of carbonyl (C=O) groups is 2. The number of rotatable bonds is 9. The number of nitrogens with one attached hydrogen (secondary N) is 2. The Labute approximate surface area is 150 Å². The number of anilines is 1. The van der Waals surface area contributed by atoms with Gasteiger partial charge in [-0.2, -0.15) is 0 Å². The van der Waals surface area contributed by atoms with E-state index in [1.165, 1.54) is 11.3 Å². The van der Waals surface area contributed by atoms with Crippen molar-refractivity contribution in [2.75, 3.05) is 11.9 Å². The van der Waals surface area contributed by atoms with E-state index >= 15 is 0 Å². The van der Waals surface area contributed by atoms with Gasteiger partial charge in [0.2, 0.25) is 5.91 Å². The molecule has 0 unspecified atom stereocenters. The minimum absolute atomic E-state index is 0.245. The van der Waals surface area contributed by atoms with Gasteiger partial charge in [-0.3, -0.25) is 4.79 Å². The van der Waals surface area contributed by atoms with Crippen LogP contribution in [-0.4, -0.2) is 29.6 Å². The number of unbranched alkanes of at least 4 members (excludes halogenated alkanes) is 1. The van der Waals surface area contributed by atoms with Crippen molar-refractivity contribution >= 4 is 28.5 Å². The molecular formula is C17H22N4O3S. The normalized spacial score (nSPS) is 11.6. The highest BCUT2D eigenvalue weighted by Crippen LogP contribution is 2.11. The summed E-state index contributed by atoms with van der Waals surface area (Å²) in [5, 5.41) is 7.67. The lowest BCUT2D eigenvalue weighted by Gasteiger charge is -2.11. The molecule has 0 bridgehead atoms. The van der Waals surface area contributed by atoms with Crippen LogP contribution in [0.15, 0.2) is 41.9 Å². The summed E-state index contributed by atoms with van der Waals surface area (Å²) in [7, 11) is 0. The summed E-state index contributed by atoms with van der Waals surface area (Å²) < 4.78 is 5.11. The van der Waals surface area contributed by atoms with Crippen LogP contribution >= 0.6 is 11.3 Å². The molecule has 8 heteroatoms. The summed E-state index contributed by atoms with van der Waals surface area (Å²) in [5.41, 5.74) is 6.78. The van der Waals surface area contributed by atoms with Gasteiger partial charge in [0.05, 0.1) is 6.04 Å². The maximum absolute atomic E-state index is 11.8. The van der Waals surface area contributed by atoms with Gasteiger partial charge < -0.3 is 21.1 Å². The number of thiazole rings is 1. The third-order valence-electron chi connectivity index (χ3n) is 3.42. The molecular weight excluding hydrogens is 340 g/mol. The van der Waals surface area contributed by atoms with Crippen LogP contribution in [-0.2, 0) is 16.1 Å². The third-order valence-corrected chi connectivity index (χ3v) is 4.11. The fourth-order valence-electron chi connectivity index (χ4n) is 2.07. The molecule has 2 rings (SSSR count). The van der Waals surface area contributed by atoms with Crippen LogP contribution < -0.4 is 16.4 Å². The van der Waals surface area contributed by atoms with Gasteiger partial charge in [-0.05, 0) is 24.8 Å². The number of alkyl carbamates (subject to hydrolysis) is 1. The standard InChI is InChI=1S/C17H22N4O3S/c18-14(15(22)21-16-19-10-11-25-16)8-4-5-9-20-17(23)24-12-13-6-2-1-3-7-13/h1-3,6-7,10-11,14H,4-5,8-9,12,18H2,(H,20,23)(H,19,21,22)/t14-/m0/s1. The summed E-state index contributed by atoms with van der Waals surface area (Å²) in [4.78, 5) is 27.4. The van der Waals surface area contributed by atoms with Crippen molar-refractivity contribution in [2.24, 2.45) is 5.73 Å². The number of carbonyl (C=O) groups excluding carboxylic acids is 2. The van der Waals surface area contributed by atoms with Crippen LogP contribution in [0.4, 0.5) is 9.93 Å². The molecule has 0 spiro atoms. The Hall–Kier alpha value is -2.45. The van der Waals surface area contributed by atoms with Crippen molar-refractivity contribution in [3.8, 4) is 0 Å². The second-order valence-corrected chi connectivity index (χ2v) is 6.31. The molecule has 25 heavy (non-hydrogen) atoms. The van der Waals surface area contributed by atoms with Gasteiger partial charge in [-0.1, -0.05) is 30.3 Å². The molecule has 134 valence electrons. The zero-order chi connectivity index (χ0) is 17.9. The van der Waals surface area contributed by atoms with Crippen molar-refractivity contribution in [1.82, 2.24) is 10.3 Å². The Bertz CT molecular complexity index is 649.